The van der Waals surface area contributed by atoms with E-state index in [2.05, 4.69) is 45.0 Å². The Morgan fingerprint density at radius 1 is 1.47 bits per heavy atom. The van der Waals surface area contributed by atoms with E-state index >= 15 is 0 Å². The average molecular weight is 298 g/mol. The Morgan fingerprint density at radius 3 is 2.88 bits per heavy atom. The van der Waals surface area contributed by atoms with E-state index in [0.29, 0.717) is 12.0 Å². The molecular weight excluding hydrogens is 278 g/mol. The van der Waals surface area contributed by atoms with Gasteiger partial charge in [-0.2, -0.15) is 0 Å². The molecule has 1 aromatic heterocycles. The number of anilines is 1. The molecule has 2 N–H and O–H groups in total. The van der Waals surface area contributed by atoms with E-state index in [4.69, 9.17) is 5.73 Å². The minimum Gasteiger partial charge on any atom is -0.356 e. The van der Waals surface area contributed by atoms with Crippen LogP contribution >= 0.6 is 15.9 Å². The highest BCUT2D eigenvalue weighted by molar-refractivity contribution is 9.10. The zero-order valence-corrected chi connectivity index (χ0v) is 12.1. The number of aryl methyl sites for hydroxylation is 1. The molecule has 0 radical (unpaired) electrons. The molecule has 1 heterocycles. The maximum Gasteiger partial charge on any atom is 0.128 e. The van der Waals surface area contributed by atoms with Gasteiger partial charge >= 0.3 is 0 Å². The lowest BCUT2D eigenvalue weighted by Crippen LogP contribution is -2.38. The van der Waals surface area contributed by atoms with Crippen LogP contribution in [0, 0.1) is 12.8 Å². The summed E-state index contributed by atoms with van der Waals surface area (Å²) in [7, 11) is 2.13. The molecule has 1 aromatic rings. The number of rotatable bonds is 3. The van der Waals surface area contributed by atoms with Gasteiger partial charge in [-0.15, -0.1) is 0 Å². The summed E-state index contributed by atoms with van der Waals surface area (Å²) in [4.78, 5) is 6.92. The molecule has 3 nitrogen and oxygen atoms in total. The molecule has 1 fully saturated rings. The molecule has 17 heavy (non-hydrogen) atoms. The van der Waals surface area contributed by atoms with Gasteiger partial charge in [0.05, 0.1) is 5.69 Å². The Kier molecular flexibility index (Phi) is 4.05. The fourth-order valence-corrected chi connectivity index (χ4v) is 2.92. The van der Waals surface area contributed by atoms with Crippen molar-refractivity contribution in [2.24, 2.45) is 11.7 Å². The quantitative estimate of drug-likeness (QED) is 0.933. The van der Waals surface area contributed by atoms with Crippen molar-refractivity contribution in [2.75, 3.05) is 18.5 Å². The van der Waals surface area contributed by atoms with Gasteiger partial charge in [0.1, 0.15) is 5.82 Å². The molecule has 0 aromatic carbocycles. The van der Waals surface area contributed by atoms with E-state index in [0.717, 1.165) is 22.5 Å². The SMILES string of the molecule is Cc1nc(N(C)C2CCCC2CN)ccc1Br. The fraction of sp³-hybridized carbons (Fsp3) is 0.615. The van der Waals surface area contributed by atoms with Crippen molar-refractivity contribution in [3.63, 3.8) is 0 Å². The summed E-state index contributed by atoms with van der Waals surface area (Å²) in [5, 5.41) is 0. The lowest BCUT2D eigenvalue weighted by molar-refractivity contribution is 0.472. The first kappa shape index (κ1) is 12.8. The summed E-state index contributed by atoms with van der Waals surface area (Å²) in [6, 6.07) is 4.69. The summed E-state index contributed by atoms with van der Waals surface area (Å²) >= 11 is 3.49. The Bertz CT molecular complexity index is 394. The van der Waals surface area contributed by atoms with Gasteiger partial charge in [-0.05, 0) is 60.3 Å². The van der Waals surface area contributed by atoms with Crippen molar-refractivity contribution in [1.29, 1.82) is 0 Å². The Morgan fingerprint density at radius 2 is 2.24 bits per heavy atom. The number of nitrogens with zero attached hydrogens (tertiary/aromatic N) is 2. The Labute approximate surface area is 112 Å². The van der Waals surface area contributed by atoms with Crippen LogP contribution in [0.1, 0.15) is 25.0 Å². The monoisotopic (exact) mass is 297 g/mol. The predicted molar refractivity (Wildman–Crippen MR) is 75.3 cm³/mol. The first-order valence-corrected chi connectivity index (χ1v) is 6.99. The molecular formula is C13H20BrN3. The van der Waals surface area contributed by atoms with Crippen LogP contribution < -0.4 is 10.6 Å². The van der Waals surface area contributed by atoms with Crippen molar-refractivity contribution in [3.05, 3.63) is 22.3 Å². The molecule has 0 saturated heterocycles. The van der Waals surface area contributed by atoms with Crippen LogP contribution in [-0.2, 0) is 0 Å². The largest absolute Gasteiger partial charge is 0.356 e. The minimum atomic E-state index is 0.549. The molecule has 1 aliphatic carbocycles. The number of pyridine rings is 1. The number of hydrogen-bond donors (Lipinski definition) is 1. The highest BCUT2D eigenvalue weighted by Crippen LogP contribution is 2.31. The zero-order chi connectivity index (χ0) is 12.4. The highest BCUT2D eigenvalue weighted by Gasteiger charge is 2.29. The molecule has 0 aliphatic heterocycles. The van der Waals surface area contributed by atoms with Crippen LogP contribution in [0.2, 0.25) is 0 Å². The summed E-state index contributed by atoms with van der Waals surface area (Å²) in [6.45, 7) is 2.81. The summed E-state index contributed by atoms with van der Waals surface area (Å²) in [5.41, 5.74) is 6.88. The smallest absolute Gasteiger partial charge is 0.128 e. The van der Waals surface area contributed by atoms with Gasteiger partial charge in [0.15, 0.2) is 0 Å². The van der Waals surface area contributed by atoms with Crippen LogP contribution in [0.5, 0.6) is 0 Å². The van der Waals surface area contributed by atoms with Gasteiger partial charge in [-0.1, -0.05) is 6.42 Å². The van der Waals surface area contributed by atoms with E-state index in [1.54, 1.807) is 0 Å². The molecule has 0 spiro atoms. The fourth-order valence-electron chi connectivity index (χ4n) is 2.70. The second kappa shape index (κ2) is 5.36. The summed E-state index contributed by atoms with van der Waals surface area (Å²) in [5.74, 6) is 1.67. The predicted octanol–water partition coefficient (Wildman–Crippen LogP) is 2.72. The van der Waals surface area contributed by atoms with Gasteiger partial charge in [-0.3, -0.25) is 0 Å². The van der Waals surface area contributed by atoms with E-state index < -0.39 is 0 Å². The van der Waals surface area contributed by atoms with Gasteiger partial charge in [-0.25, -0.2) is 4.98 Å². The summed E-state index contributed by atoms with van der Waals surface area (Å²) in [6.07, 6.45) is 3.77. The third-order valence-corrected chi connectivity index (χ3v) is 4.63. The molecule has 1 aliphatic rings. The number of hydrogen-bond acceptors (Lipinski definition) is 3. The van der Waals surface area contributed by atoms with Crippen LogP contribution in [0.25, 0.3) is 0 Å². The first-order valence-electron chi connectivity index (χ1n) is 6.19. The van der Waals surface area contributed by atoms with Gasteiger partial charge in [0.25, 0.3) is 0 Å². The Hall–Kier alpha value is -0.610. The van der Waals surface area contributed by atoms with Crippen molar-refractivity contribution in [1.82, 2.24) is 4.98 Å². The first-order chi connectivity index (χ1) is 8.13. The topological polar surface area (TPSA) is 42.2 Å². The molecule has 2 rings (SSSR count). The highest BCUT2D eigenvalue weighted by atomic mass is 79.9. The van der Waals surface area contributed by atoms with E-state index in [1.807, 2.05) is 6.92 Å². The molecule has 4 heteroatoms. The lowest BCUT2D eigenvalue weighted by Gasteiger charge is -2.30. The van der Waals surface area contributed by atoms with Crippen molar-refractivity contribution in [2.45, 2.75) is 32.2 Å². The number of halogens is 1. The van der Waals surface area contributed by atoms with E-state index in [1.165, 1.54) is 19.3 Å². The minimum absolute atomic E-state index is 0.549. The van der Waals surface area contributed by atoms with Crippen molar-refractivity contribution in [3.8, 4) is 0 Å². The van der Waals surface area contributed by atoms with Crippen LogP contribution in [-0.4, -0.2) is 24.6 Å². The lowest BCUT2D eigenvalue weighted by atomic mass is 10.0. The van der Waals surface area contributed by atoms with Gasteiger partial charge in [0.2, 0.25) is 0 Å². The average Bonchev–Trinajstić information content (AvgIpc) is 2.80. The molecule has 0 bridgehead atoms. The summed E-state index contributed by atoms with van der Waals surface area (Å²) < 4.78 is 1.07. The van der Waals surface area contributed by atoms with Crippen molar-refractivity contribution >= 4 is 21.7 Å². The molecule has 0 amide bonds. The molecule has 94 valence electrons. The number of nitrogens with two attached hydrogens (primary N) is 1. The normalized spacial score (nSPS) is 24.0. The van der Waals surface area contributed by atoms with Gasteiger partial charge < -0.3 is 10.6 Å². The second-order valence-electron chi connectivity index (χ2n) is 4.84. The maximum absolute atomic E-state index is 5.84. The molecule has 2 unspecified atom stereocenters. The van der Waals surface area contributed by atoms with Crippen LogP contribution in [0.3, 0.4) is 0 Å². The van der Waals surface area contributed by atoms with E-state index in [9.17, 15) is 0 Å². The molecule has 2 atom stereocenters. The van der Waals surface area contributed by atoms with E-state index in [-0.39, 0.29) is 0 Å². The molecule has 1 saturated carbocycles. The van der Waals surface area contributed by atoms with Crippen LogP contribution in [0.15, 0.2) is 16.6 Å². The third-order valence-electron chi connectivity index (χ3n) is 3.79. The van der Waals surface area contributed by atoms with Gasteiger partial charge in [0, 0.05) is 17.6 Å². The van der Waals surface area contributed by atoms with Crippen molar-refractivity contribution < 1.29 is 0 Å². The number of aromatic nitrogens is 1. The van der Waals surface area contributed by atoms with Crippen LogP contribution in [0.4, 0.5) is 5.82 Å². The maximum atomic E-state index is 5.84. The zero-order valence-electron chi connectivity index (χ0n) is 10.5. The Balaban J connectivity index is 2.18. The standard InChI is InChI=1S/C13H20BrN3/c1-9-11(14)6-7-13(16-9)17(2)12-5-3-4-10(12)8-15/h6-7,10,12H,3-5,8,15H2,1-2H3. The third kappa shape index (κ3) is 2.63. The second-order valence-corrected chi connectivity index (χ2v) is 5.70.